The fraction of sp³-hybridized carbons (Fsp3) is 0.136. The third-order valence-corrected chi connectivity index (χ3v) is 5.57. The molecular formula is C22H18Cl2N3O2+. The number of carbonyl (C=O) groups is 2. The molecule has 0 saturated heterocycles. The predicted molar refractivity (Wildman–Crippen MR) is 113 cm³/mol. The van der Waals surface area contributed by atoms with Gasteiger partial charge in [-0.25, -0.2) is 0 Å². The van der Waals surface area contributed by atoms with Gasteiger partial charge in [-0.15, -0.1) is 0 Å². The number of carbonyl (C=O) groups excluding carboxylic acids is 2. The molecule has 0 saturated carbocycles. The van der Waals surface area contributed by atoms with E-state index in [4.69, 9.17) is 23.2 Å². The van der Waals surface area contributed by atoms with Crippen LogP contribution in [0.25, 0.3) is 0 Å². The Bertz CT molecular complexity index is 1080. The number of rotatable bonds is 3. The third kappa shape index (κ3) is 3.48. The highest BCUT2D eigenvalue weighted by molar-refractivity contribution is 6.31. The zero-order chi connectivity index (χ0) is 20.6. The number of nitrogens with one attached hydrogen (secondary N) is 1. The molecular weight excluding hydrogens is 409 g/mol. The van der Waals surface area contributed by atoms with Gasteiger partial charge in [-0.2, -0.15) is 4.57 Å². The van der Waals surface area contributed by atoms with E-state index in [9.17, 15) is 9.59 Å². The highest BCUT2D eigenvalue weighted by atomic mass is 35.5. The lowest BCUT2D eigenvalue weighted by Gasteiger charge is -2.40. The predicted octanol–water partition coefficient (Wildman–Crippen LogP) is 4.18. The second-order valence-corrected chi connectivity index (χ2v) is 7.83. The topological polar surface area (TPSA) is 53.3 Å². The average Bonchev–Trinajstić information content (AvgIpc) is 2.71. The van der Waals surface area contributed by atoms with Gasteiger partial charge in [0.25, 0.3) is 11.8 Å². The summed E-state index contributed by atoms with van der Waals surface area (Å²) in [4.78, 5) is 28.2. The molecule has 1 aliphatic heterocycles. The lowest BCUT2D eigenvalue weighted by molar-refractivity contribution is -0.697. The fourth-order valence-corrected chi connectivity index (χ4v) is 3.88. The van der Waals surface area contributed by atoms with Crippen LogP contribution in [-0.4, -0.2) is 11.8 Å². The van der Waals surface area contributed by atoms with Crippen LogP contribution in [0.15, 0.2) is 72.9 Å². The molecule has 0 radical (unpaired) electrons. The SMILES string of the molecule is C[C@]1(C(=O)Nc2ccc(Cl)cc2)c2cccc[n+]2CC(=O)N1c1ccc(Cl)cc1. The molecule has 1 aliphatic rings. The summed E-state index contributed by atoms with van der Waals surface area (Å²) in [6, 6.07) is 19.3. The van der Waals surface area contributed by atoms with Gasteiger partial charge in [0.2, 0.25) is 17.8 Å². The zero-order valence-electron chi connectivity index (χ0n) is 15.6. The lowest BCUT2D eigenvalue weighted by Crippen LogP contribution is -2.67. The number of hydrogen-bond donors (Lipinski definition) is 1. The summed E-state index contributed by atoms with van der Waals surface area (Å²) in [5, 5.41) is 4.05. The average molecular weight is 427 g/mol. The number of anilines is 2. The fourth-order valence-electron chi connectivity index (χ4n) is 3.63. The van der Waals surface area contributed by atoms with Crippen LogP contribution in [0.1, 0.15) is 12.6 Å². The lowest BCUT2D eigenvalue weighted by atomic mass is 9.89. The van der Waals surface area contributed by atoms with E-state index in [1.165, 1.54) is 4.90 Å². The van der Waals surface area contributed by atoms with E-state index in [-0.39, 0.29) is 18.4 Å². The van der Waals surface area contributed by atoms with E-state index in [1.807, 2.05) is 18.2 Å². The molecule has 0 spiro atoms. The molecule has 3 aromatic rings. The standard InChI is InChI=1S/C22H17Cl2N3O2/c1-22(21(29)25-17-9-5-15(23)6-10-17)19-4-2-3-13-26(19)14-20(28)27(22)18-11-7-16(24)8-12-18/h2-13H,14H2,1H3/p+1/t22-/m1/s1. The first-order valence-electron chi connectivity index (χ1n) is 9.04. The second kappa shape index (κ2) is 7.50. The number of benzene rings is 2. The Labute approximate surface area is 178 Å². The van der Waals surface area contributed by atoms with Crippen LogP contribution in [0, 0.1) is 0 Å². The Morgan fingerprint density at radius 3 is 2.28 bits per heavy atom. The number of aromatic nitrogens is 1. The second-order valence-electron chi connectivity index (χ2n) is 6.95. The monoisotopic (exact) mass is 426 g/mol. The number of hydrogen-bond acceptors (Lipinski definition) is 2. The highest BCUT2D eigenvalue weighted by Crippen LogP contribution is 2.36. The van der Waals surface area contributed by atoms with Gasteiger partial charge in [0.1, 0.15) is 0 Å². The summed E-state index contributed by atoms with van der Waals surface area (Å²) >= 11 is 12.0. The van der Waals surface area contributed by atoms with Crippen LogP contribution < -0.4 is 14.8 Å². The molecule has 2 heterocycles. The normalized spacial score (nSPS) is 18.3. The molecule has 7 heteroatoms. The van der Waals surface area contributed by atoms with Gasteiger partial charge < -0.3 is 5.32 Å². The smallest absolute Gasteiger partial charge is 0.294 e. The molecule has 4 rings (SSSR count). The number of amides is 2. The molecule has 0 bridgehead atoms. The van der Waals surface area contributed by atoms with Gasteiger partial charge in [0.05, 0.1) is 0 Å². The van der Waals surface area contributed by atoms with E-state index in [1.54, 1.807) is 66.2 Å². The van der Waals surface area contributed by atoms with Gasteiger partial charge >= 0.3 is 0 Å². The van der Waals surface area contributed by atoms with E-state index < -0.39 is 5.54 Å². The minimum absolute atomic E-state index is 0.141. The van der Waals surface area contributed by atoms with Crippen molar-refractivity contribution in [3.05, 3.63) is 88.7 Å². The van der Waals surface area contributed by atoms with Gasteiger partial charge in [-0.05, 0) is 55.5 Å². The minimum Gasteiger partial charge on any atom is -0.324 e. The van der Waals surface area contributed by atoms with Crippen LogP contribution in [0.4, 0.5) is 11.4 Å². The van der Waals surface area contributed by atoms with E-state index >= 15 is 0 Å². The first-order valence-corrected chi connectivity index (χ1v) is 9.80. The summed E-state index contributed by atoms with van der Waals surface area (Å²) in [6.45, 7) is 1.89. The first-order chi connectivity index (χ1) is 13.9. The molecule has 0 unspecified atom stereocenters. The Kier molecular flexibility index (Phi) is 5.03. The minimum atomic E-state index is -1.27. The zero-order valence-corrected chi connectivity index (χ0v) is 17.1. The highest BCUT2D eigenvalue weighted by Gasteiger charge is 2.54. The maximum Gasteiger partial charge on any atom is 0.294 e. The third-order valence-electron chi connectivity index (χ3n) is 5.07. The van der Waals surface area contributed by atoms with Crippen molar-refractivity contribution in [1.82, 2.24) is 0 Å². The van der Waals surface area contributed by atoms with Crippen molar-refractivity contribution in [3.8, 4) is 0 Å². The molecule has 1 aromatic heterocycles. The molecule has 1 N–H and O–H groups in total. The summed E-state index contributed by atoms with van der Waals surface area (Å²) in [6.07, 6.45) is 1.81. The maximum atomic E-state index is 13.6. The summed E-state index contributed by atoms with van der Waals surface area (Å²) in [5.41, 5.74) is 0.630. The van der Waals surface area contributed by atoms with Crippen LogP contribution in [0.2, 0.25) is 10.0 Å². The van der Waals surface area contributed by atoms with Crippen molar-refractivity contribution in [2.45, 2.75) is 19.0 Å². The van der Waals surface area contributed by atoms with Crippen molar-refractivity contribution < 1.29 is 14.2 Å². The van der Waals surface area contributed by atoms with Crippen molar-refractivity contribution >= 4 is 46.4 Å². The number of pyridine rings is 1. The summed E-state index contributed by atoms with van der Waals surface area (Å²) in [7, 11) is 0. The molecule has 0 fully saturated rings. The van der Waals surface area contributed by atoms with Crippen LogP contribution in [0.5, 0.6) is 0 Å². The van der Waals surface area contributed by atoms with Gasteiger partial charge in [0.15, 0.2) is 6.20 Å². The van der Waals surface area contributed by atoms with Crippen LogP contribution in [-0.2, 0) is 21.7 Å². The van der Waals surface area contributed by atoms with Crippen LogP contribution in [0.3, 0.4) is 0 Å². The summed E-state index contributed by atoms with van der Waals surface area (Å²) in [5.74, 6) is -0.521. The molecule has 0 aliphatic carbocycles. The molecule has 1 atom stereocenters. The number of fused-ring (bicyclic) bond motifs is 1. The number of nitrogens with zero attached hydrogens (tertiary/aromatic N) is 2. The Morgan fingerprint density at radius 2 is 1.62 bits per heavy atom. The van der Waals surface area contributed by atoms with Gasteiger partial charge in [-0.3, -0.25) is 14.5 Å². The quantitative estimate of drug-likeness (QED) is 0.638. The Hall–Kier alpha value is -2.89. The van der Waals surface area contributed by atoms with E-state index in [0.717, 1.165) is 0 Å². The number of halogens is 2. The molecule has 5 nitrogen and oxygen atoms in total. The van der Waals surface area contributed by atoms with Gasteiger partial charge in [0, 0.05) is 33.6 Å². The van der Waals surface area contributed by atoms with Crippen LogP contribution >= 0.6 is 23.2 Å². The Morgan fingerprint density at radius 1 is 1.00 bits per heavy atom. The van der Waals surface area contributed by atoms with E-state index in [0.29, 0.717) is 27.1 Å². The summed E-state index contributed by atoms with van der Waals surface area (Å²) < 4.78 is 1.80. The van der Waals surface area contributed by atoms with Gasteiger partial charge in [-0.1, -0.05) is 29.3 Å². The maximum absolute atomic E-state index is 13.6. The molecule has 2 amide bonds. The van der Waals surface area contributed by atoms with Crippen molar-refractivity contribution in [3.63, 3.8) is 0 Å². The molecule has 2 aromatic carbocycles. The Balaban J connectivity index is 1.83. The van der Waals surface area contributed by atoms with E-state index in [2.05, 4.69) is 5.32 Å². The molecule has 29 heavy (non-hydrogen) atoms. The largest absolute Gasteiger partial charge is 0.324 e. The molecule has 146 valence electrons. The van der Waals surface area contributed by atoms with Crippen molar-refractivity contribution in [2.24, 2.45) is 0 Å². The van der Waals surface area contributed by atoms with Crippen molar-refractivity contribution in [2.75, 3.05) is 10.2 Å². The van der Waals surface area contributed by atoms with Crippen molar-refractivity contribution in [1.29, 1.82) is 0 Å². The first kappa shape index (κ1) is 19.4.